The Hall–Kier alpha value is -2.27. The summed E-state index contributed by atoms with van der Waals surface area (Å²) in [5.74, 6) is -2.05. The van der Waals surface area contributed by atoms with E-state index in [2.05, 4.69) is 12.1 Å². The fraction of sp³-hybridized carbons (Fsp3) is 0.125. The zero-order valence-electron chi connectivity index (χ0n) is 11.1. The Morgan fingerprint density at radius 3 is 2.52 bits per heavy atom. The third-order valence-corrected chi connectivity index (χ3v) is 4.70. The minimum absolute atomic E-state index is 0.743. The van der Waals surface area contributed by atoms with E-state index in [1.54, 1.807) is 0 Å². The SMILES string of the molecule is NC(=O)C(Sc1ccc2c(c1)Cc1ccccc1-2)C(=O)O. The monoisotopic (exact) mass is 299 g/mol. The lowest BCUT2D eigenvalue weighted by atomic mass is 10.1. The number of carbonyl (C=O) groups is 2. The molecular formula is C16H13NO3S. The van der Waals surface area contributed by atoms with Gasteiger partial charge in [0.1, 0.15) is 0 Å². The van der Waals surface area contributed by atoms with E-state index < -0.39 is 17.1 Å². The lowest BCUT2D eigenvalue weighted by molar-refractivity contribution is -0.139. The number of benzene rings is 2. The fourth-order valence-electron chi connectivity index (χ4n) is 2.56. The van der Waals surface area contributed by atoms with Crippen LogP contribution in [0.2, 0.25) is 0 Å². The minimum Gasteiger partial charge on any atom is -0.480 e. The summed E-state index contributed by atoms with van der Waals surface area (Å²) in [6, 6.07) is 13.9. The Labute approximate surface area is 126 Å². The summed E-state index contributed by atoms with van der Waals surface area (Å²) >= 11 is 0.976. The van der Waals surface area contributed by atoms with Crippen LogP contribution in [0.1, 0.15) is 11.1 Å². The van der Waals surface area contributed by atoms with Gasteiger partial charge in [-0.25, -0.2) is 0 Å². The third-order valence-electron chi connectivity index (χ3n) is 3.50. The highest BCUT2D eigenvalue weighted by atomic mass is 32.2. The van der Waals surface area contributed by atoms with Gasteiger partial charge < -0.3 is 10.8 Å². The van der Waals surface area contributed by atoms with E-state index >= 15 is 0 Å². The molecule has 1 amide bonds. The van der Waals surface area contributed by atoms with Crippen molar-refractivity contribution in [1.29, 1.82) is 0 Å². The first-order valence-electron chi connectivity index (χ1n) is 6.46. The van der Waals surface area contributed by atoms with Crippen LogP contribution in [0, 0.1) is 0 Å². The van der Waals surface area contributed by atoms with Crippen LogP contribution >= 0.6 is 11.8 Å². The number of thioether (sulfide) groups is 1. The molecule has 3 N–H and O–H groups in total. The number of amides is 1. The van der Waals surface area contributed by atoms with E-state index in [4.69, 9.17) is 10.8 Å². The molecule has 0 heterocycles. The summed E-state index contributed by atoms with van der Waals surface area (Å²) in [6.45, 7) is 0. The molecule has 1 atom stereocenters. The van der Waals surface area contributed by atoms with Crippen LogP contribution in [0.4, 0.5) is 0 Å². The van der Waals surface area contributed by atoms with E-state index in [-0.39, 0.29) is 0 Å². The maximum absolute atomic E-state index is 11.2. The molecule has 21 heavy (non-hydrogen) atoms. The first-order chi connectivity index (χ1) is 10.1. The van der Waals surface area contributed by atoms with Crippen molar-refractivity contribution in [1.82, 2.24) is 0 Å². The van der Waals surface area contributed by atoms with Gasteiger partial charge in [0.25, 0.3) is 0 Å². The second-order valence-electron chi connectivity index (χ2n) is 4.89. The van der Waals surface area contributed by atoms with E-state index in [0.717, 1.165) is 28.6 Å². The number of carboxylic acids is 1. The van der Waals surface area contributed by atoms with Gasteiger partial charge in [0.2, 0.25) is 5.91 Å². The zero-order valence-corrected chi connectivity index (χ0v) is 11.9. The number of nitrogens with two attached hydrogens (primary N) is 1. The van der Waals surface area contributed by atoms with Crippen LogP contribution in [0.15, 0.2) is 47.4 Å². The normalized spacial score (nSPS) is 13.3. The lowest BCUT2D eigenvalue weighted by Crippen LogP contribution is -2.32. The molecule has 2 aromatic carbocycles. The molecule has 0 radical (unpaired) electrons. The van der Waals surface area contributed by atoms with Gasteiger partial charge in [-0.2, -0.15) is 0 Å². The van der Waals surface area contributed by atoms with Gasteiger partial charge in [-0.3, -0.25) is 9.59 Å². The molecule has 0 fully saturated rings. The highest BCUT2D eigenvalue weighted by Gasteiger charge is 2.26. The number of hydrogen-bond donors (Lipinski definition) is 2. The molecule has 0 aliphatic heterocycles. The zero-order chi connectivity index (χ0) is 15.0. The molecule has 1 unspecified atom stereocenters. The number of carbonyl (C=O) groups excluding carboxylic acids is 1. The van der Waals surface area contributed by atoms with Crippen molar-refractivity contribution < 1.29 is 14.7 Å². The summed E-state index contributed by atoms with van der Waals surface area (Å²) in [4.78, 5) is 23.0. The molecule has 1 aliphatic rings. The predicted octanol–water partition coefficient (Wildman–Crippen LogP) is 2.29. The molecule has 2 aromatic rings. The van der Waals surface area contributed by atoms with Crippen LogP contribution in [-0.4, -0.2) is 22.2 Å². The molecule has 0 aromatic heterocycles. The average molecular weight is 299 g/mol. The Kier molecular flexibility index (Phi) is 3.43. The first-order valence-corrected chi connectivity index (χ1v) is 7.34. The quantitative estimate of drug-likeness (QED) is 0.572. The van der Waals surface area contributed by atoms with Gasteiger partial charge in [0.05, 0.1) is 0 Å². The summed E-state index contributed by atoms with van der Waals surface area (Å²) < 4.78 is 0. The van der Waals surface area contributed by atoms with E-state index in [1.165, 1.54) is 16.7 Å². The minimum atomic E-state index is -1.26. The second-order valence-corrected chi connectivity index (χ2v) is 6.07. The highest BCUT2D eigenvalue weighted by Crippen LogP contribution is 2.38. The standard InChI is InChI=1S/C16H13NO3S/c17-15(18)14(16(19)20)21-11-5-6-13-10(8-11)7-9-3-1-2-4-12(9)13/h1-6,8,14H,7H2,(H2,17,18)(H,19,20). The summed E-state index contributed by atoms with van der Waals surface area (Å²) in [5.41, 5.74) is 9.92. The second kappa shape index (κ2) is 5.26. The van der Waals surface area contributed by atoms with Crippen LogP contribution in [0.3, 0.4) is 0 Å². The van der Waals surface area contributed by atoms with Gasteiger partial charge in [0, 0.05) is 4.90 Å². The molecule has 3 rings (SSSR count). The summed E-state index contributed by atoms with van der Waals surface area (Å²) in [6.07, 6.45) is 0.828. The van der Waals surface area contributed by atoms with Crippen molar-refractivity contribution in [2.75, 3.05) is 0 Å². The molecular weight excluding hydrogens is 286 g/mol. The molecule has 0 saturated carbocycles. The van der Waals surface area contributed by atoms with Crippen molar-refractivity contribution in [2.24, 2.45) is 5.73 Å². The maximum Gasteiger partial charge on any atom is 0.326 e. The molecule has 1 aliphatic carbocycles. The first kappa shape index (κ1) is 13.7. The van der Waals surface area contributed by atoms with E-state index in [0.29, 0.717) is 0 Å². The van der Waals surface area contributed by atoms with Crippen LogP contribution < -0.4 is 5.73 Å². The smallest absolute Gasteiger partial charge is 0.326 e. The number of aliphatic carboxylic acids is 1. The van der Waals surface area contributed by atoms with Gasteiger partial charge in [-0.05, 0) is 40.8 Å². The van der Waals surface area contributed by atoms with Crippen molar-refractivity contribution in [3.8, 4) is 11.1 Å². The van der Waals surface area contributed by atoms with Gasteiger partial charge in [-0.15, -0.1) is 11.8 Å². The molecule has 0 spiro atoms. The van der Waals surface area contributed by atoms with Gasteiger partial charge in [-0.1, -0.05) is 30.3 Å². The van der Waals surface area contributed by atoms with Crippen LogP contribution in [-0.2, 0) is 16.0 Å². The molecule has 0 bridgehead atoms. The summed E-state index contributed by atoms with van der Waals surface area (Å²) in [7, 11) is 0. The van der Waals surface area contributed by atoms with Crippen LogP contribution in [0.5, 0.6) is 0 Å². The fourth-order valence-corrected chi connectivity index (χ4v) is 3.41. The van der Waals surface area contributed by atoms with Gasteiger partial charge in [0.15, 0.2) is 5.25 Å². The lowest BCUT2D eigenvalue weighted by Gasteiger charge is -2.09. The Morgan fingerprint density at radius 2 is 1.81 bits per heavy atom. The largest absolute Gasteiger partial charge is 0.480 e. The van der Waals surface area contributed by atoms with Crippen molar-refractivity contribution >= 4 is 23.6 Å². The maximum atomic E-state index is 11.2. The Bertz CT molecular complexity index is 728. The summed E-state index contributed by atoms with van der Waals surface area (Å²) in [5, 5.41) is 7.76. The topological polar surface area (TPSA) is 80.4 Å². The number of fused-ring (bicyclic) bond motifs is 3. The predicted molar refractivity (Wildman–Crippen MR) is 81.2 cm³/mol. The van der Waals surface area contributed by atoms with Crippen molar-refractivity contribution in [2.45, 2.75) is 16.6 Å². The number of carboxylic acid groups (broad SMARTS) is 1. The van der Waals surface area contributed by atoms with Gasteiger partial charge >= 0.3 is 5.97 Å². The van der Waals surface area contributed by atoms with Crippen LogP contribution in [0.25, 0.3) is 11.1 Å². The van der Waals surface area contributed by atoms with Crippen molar-refractivity contribution in [3.05, 3.63) is 53.6 Å². The van der Waals surface area contributed by atoms with Crippen molar-refractivity contribution in [3.63, 3.8) is 0 Å². The molecule has 0 saturated heterocycles. The van der Waals surface area contributed by atoms with E-state index in [9.17, 15) is 9.59 Å². The molecule has 106 valence electrons. The number of primary amides is 1. The average Bonchev–Trinajstić information content (AvgIpc) is 2.81. The van der Waals surface area contributed by atoms with E-state index in [1.807, 2.05) is 30.3 Å². The Balaban J connectivity index is 1.90. The molecule has 5 heteroatoms. The number of rotatable bonds is 4. The third kappa shape index (κ3) is 2.52. The number of hydrogen-bond acceptors (Lipinski definition) is 3. The highest BCUT2D eigenvalue weighted by molar-refractivity contribution is 8.01. The molecule has 4 nitrogen and oxygen atoms in total. The Morgan fingerprint density at radius 1 is 1.10 bits per heavy atom.